The minimum absolute atomic E-state index is 0.0846. The van der Waals surface area contributed by atoms with Gasteiger partial charge in [-0.3, -0.25) is 4.79 Å². The van der Waals surface area contributed by atoms with Crippen molar-refractivity contribution in [1.82, 2.24) is 0 Å². The molecule has 0 saturated heterocycles. The van der Waals surface area contributed by atoms with Crippen LogP contribution in [0.15, 0.2) is 18.2 Å². The number of esters is 1. The predicted octanol–water partition coefficient (Wildman–Crippen LogP) is 4.27. The highest BCUT2D eigenvalue weighted by atomic mass is 35.5. The van der Waals surface area contributed by atoms with Crippen LogP contribution in [0.5, 0.6) is 5.75 Å². The van der Waals surface area contributed by atoms with Gasteiger partial charge in [0.2, 0.25) is 0 Å². The largest absolute Gasteiger partial charge is 0.508 e. The summed E-state index contributed by atoms with van der Waals surface area (Å²) in [6.07, 6.45) is 4.66. The van der Waals surface area contributed by atoms with E-state index in [1.165, 1.54) is 0 Å². The minimum Gasteiger partial charge on any atom is -0.508 e. The Morgan fingerprint density at radius 1 is 1.35 bits per heavy atom. The quantitative estimate of drug-likeness (QED) is 0.844. The molecule has 0 aromatic heterocycles. The molecular weight excluding hydrogens is 276 g/mol. The van der Waals surface area contributed by atoms with Gasteiger partial charge in [0.25, 0.3) is 0 Å². The highest BCUT2D eigenvalue weighted by molar-refractivity contribution is 6.31. The molecule has 110 valence electrons. The zero-order chi connectivity index (χ0) is 14.5. The second-order valence-corrected chi connectivity index (χ2v) is 5.84. The van der Waals surface area contributed by atoms with Gasteiger partial charge in [-0.05, 0) is 62.1 Å². The highest BCUT2D eigenvalue weighted by Crippen LogP contribution is 2.40. The molecule has 1 aliphatic carbocycles. The maximum absolute atomic E-state index is 11.5. The number of carbonyl (C=O) groups is 1. The third kappa shape index (κ3) is 3.89. The van der Waals surface area contributed by atoms with Gasteiger partial charge in [-0.25, -0.2) is 0 Å². The van der Waals surface area contributed by atoms with E-state index in [9.17, 15) is 9.90 Å². The first-order valence-corrected chi connectivity index (χ1v) is 7.62. The average Bonchev–Trinajstić information content (AvgIpc) is 2.40. The molecule has 0 heterocycles. The number of ether oxygens (including phenoxy) is 1. The summed E-state index contributed by atoms with van der Waals surface area (Å²) in [6.45, 7) is 2.29. The van der Waals surface area contributed by atoms with Crippen LogP contribution in [0.25, 0.3) is 0 Å². The van der Waals surface area contributed by atoms with Gasteiger partial charge >= 0.3 is 5.97 Å². The fraction of sp³-hybridized carbons (Fsp3) is 0.562. The number of phenolic OH excluding ortho intramolecular Hbond substituents is 1. The zero-order valence-corrected chi connectivity index (χ0v) is 12.5. The third-order valence-electron chi connectivity index (χ3n) is 4.03. The van der Waals surface area contributed by atoms with Crippen molar-refractivity contribution in [3.63, 3.8) is 0 Å². The zero-order valence-electron chi connectivity index (χ0n) is 11.8. The van der Waals surface area contributed by atoms with Crippen LogP contribution in [0.3, 0.4) is 0 Å². The van der Waals surface area contributed by atoms with Crippen molar-refractivity contribution in [2.45, 2.75) is 44.9 Å². The number of hydrogen-bond donors (Lipinski definition) is 1. The molecule has 0 amide bonds. The molecule has 0 spiro atoms. The summed E-state index contributed by atoms with van der Waals surface area (Å²) in [5.41, 5.74) is 1.11. The molecule has 1 N–H and O–H groups in total. The van der Waals surface area contributed by atoms with Crippen LogP contribution in [0.1, 0.15) is 50.5 Å². The number of rotatable bonds is 4. The Kier molecular flexibility index (Phi) is 5.30. The van der Waals surface area contributed by atoms with Crippen LogP contribution in [0.2, 0.25) is 5.02 Å². The molecule has 0 radical (unpaired) electrons. The Bertz CT molecular complexity index is 465. The molecule has 4 heteroatoms. The lowest BCUT2D eigenvalue weighted by Gasteiger charge is -2.28. The van der Waals surface area contributed by atoms with Crippen molar-refractivity contribution in [3.8, 4) is 5.75 Å². The van der Waals surface area contributed by atoms with E-state index in [4.69, 9.17) is 16.3 Å². The molecule has 0 aliphatic heterocycles. The van der Waals surface area contributed by atoms with E-state index >= 15 is 0 Å². The van der Waals surface area contributed by atoms with Crippen LogP contribution < -0.4 is 0 Å². The van der Waals surface area contributed by atoms with Crippen molar-refractivity contribution in [2.75, 3.05) is 6.61 Å². The molecule has 1 aromatic rings. The van der Waals surface area contributed by atoms with Crippen LogP contribution in [0.4, 0.5) is 0 Å². The second kappa shape index (κ2) is 6.98. The first-order valence-electron chi connectivity index (χ1n) is 7.24. The summed E-state index contributed by atoms with van der Waals surface area (Å²) in [6, 6.07) is 5.20. The van der Waals surface area contributed by atoms with Crippen molar-refractivity contribution in [3.05, 3.63) is 28.8 Å². The van der Waals surface area contributed by atoms with Gasteiger partial charge in [0.1, 0.15) is 5.75 Å². The SMILES string of the molecule is CCOC(=O)C[C@H]1CC[C@H](c2ccc(O)cc2Cl)CC1. The summed E-state index contributed by atoms with van der Waals surface area (Å²) in [5, 5.41) is 10.0. The molecule has 1 fully saturated rings. The fourth-order valence-corrected chi connectivity index (χ4v) is 3.31. The lowest BCUT2D eigenvalue weighted by Crippen LogP contribution is -2.18. The Morgan fingerprint density at radius 3 is 2.65 bits per heavy atom. The van der Waals surface area contributed by atoms with Crippen LogP contribution in [-0.2, 0) is 9.53 Å². The average molecular weight is 297 g/mol. The van der Waals surface area contributed by atoms with Gasteiger partial charge in [0.15, 0.2) is 0 Å². The Balaban J connectivity index is 1.89. The van der Waals surface area contributed by atoms with E-state index in [0.29, 0.717) is 29.9 Å². The maximum Gasteiger partial charge on any atom is 0.306 e. The summed E-state index contributed by atoms with van der Waals surface area (Å²) >= 11 is 6.19. The minimum atomic E-state index is -0.0846. The molecular formula is C16H21ClO3. The summed E-state index contributed by atoms with van der Waals surface area (Å²) in [4.78, 5) is 11.5. The predicted molar refractivity (Wildman–Crippen MR) is 79.1 cm³/mol. The molecule has 0 atom stereocenters. The number of benzene rings is 1. The summed E-state index contributed by atoms with van der Waals surface area (Å²) in [7, 11) is 0. The van der Waals surface area contributed by atoms with E-state index in [0.717, 1.165) is 31.2 Å². The Hall–Kier alpha value is -1.22. The van der Waals surface area contributed by atoms with Gasteiger partial charge in [0, 0.05) is 11.4 Å². The second-order valence-electron chi connectivity index (χ2n) is 5.43. The number of hydrogen-bond acceptors (Lipinski definition) is 3. The van der Waals surface area contributed by atoms with E-state index in [1.807, 2.05) is 13.0 Å². The normalized spacial score (nSPS) is 22.5. The third-order valence-corrected chi connectivity index (χ3v) is 4.36. The lowest BCUT2D eigenvalue weighted by molar-refractivity contribution is -0.144. The molecule has 1 aromatic carbocycles. The van der Waals surface area contributed by atoms with Gasteiger partial charge < -0.3 is 9.84 Å². The molecule has 1 aliphatic rings. The van der Waals surface area contributed by atoms with Crippen LogP contribution in [-0.4, -0.2) is 17.7 Å². The molecule has 3 nitrogen and oxygen atoms in total. The van der Waals surface area contributed by atoms with E-state index in [-0.39, 0.29) is 11.7 Å². The van der Waals surface area contributed by atoms with Crippen molar-refractivity contribution in [2.24, 2.45) is 5.92 Å². The number of phenols is 1. The molecule has 0 unspecified atom stereocenters. The van der Waals surface area contributed by atoms with E-state index < -0.39 is 0 Å². The highest BCUT2D eigenvalue weighted by Gasteiger charge is 2.25. The van der Waals surface area contributed by atoms with Gasteiger partial charge in [-0.2, -0.15) is 0 Å². The van der Waals surface area contributed by atoms with Crippen LogP contribution >= 0.6 is 11.6 Å². The maximum atomic E-state index is 11.5. The number of halogens is 1. The number of aromatic hydroxyl groups is 1. The molecule has 0 bridgehead atoms. The monoisotopic (exact) mass is 296 g/mol. The van der Waals surface area contributed by atoms with E-state index in [2.05, 4.69) is 0 Å². The summed E-state index contributed by atoms with van der Waals surface area (Å²) < 4.78 is 5.00. The van der Waals surface area contributed by atoms with E-state index in [1.54, 1.807) is 12.1 Å². The first kappa shape index (κ1) is 15.2. The van der Waals surface area contributed by atoms with Crippen LogP contribution in [0, 0.1) is 5.92 Å². The fourth-order valence-electron chi connectivity index (χ4n) is 2.98. The van der Waals surface area contributed by atoms with Crippen molar-refractivity contribution in [1.29, 1.82) is 0 Å². The number of carbonyl (C=O) groups excluding carboxylic acids is 1. The van der Waals surface area contributed by atoms with Gasteiger partial charge in [-0.1, -0.05) is 17.7 Å². The molecule has 20 heavy (non-hydrogen) atoms. The Morgan fingerprint density at radius 2 is 2.05 bits per heavy atom. The van der Waals surface area contributed by atoms with Gasteiger partial charge in [0.05, 0.1) is 6.61 Å². The molecule has 2 rings (SSSR count). The standard InChI is InChI=1S/C16H21ClO3/c1-2-20-16(19)9-11-3-5-12(6-4-11)14-8-7-13(18)10-15(14)17/h7-8,10-12,18H,2-6,9H2,1H3/t11-,12-. The van der Waals surface area contributed by atoms with Gasteiger partial charge in [-0.15, -0.1) is 0 Å². The molecule has 1 saturated carbocycles. The van der Waals surface area contributed by atoms with Crippen molar-refractivity contribution >= 4 is 17.6 Å². The lowest BCUT2D eigenvalue weighted by atomic mass is 9.77. The topological polar surface area (TPSA) is 46.5 Å². The smallest absolute Gasteiger partial charge is 0.306 e. The Labute approximate surface area is 124 Å². The summed E-state index contributed by atoms with van der Waals surface area (Å²) in [5.74, 6) is 0.982. The van der Waals surface area contributed by atoms with Crippen molar-refractivity contribution < 1.29 is 14.6 Å². The first-order chi connectivity index (χ1) is 9.60.